The third-order valence-corrected chi connectivity index (χ3v) is 2.30. The van der Waals surface area contributed by atoms with Crippen LogP contribution in [-0.4, -0.2) is 28.6 Å². The van der Waals surface area contributed by atoms with Crippen LogP contribution in [0.15, 0.2) is 36.7 Å². The van der Waals surface area contributed by atoms with E-state index < -0.39 is 0 Å². The number of nitrogens with zero attached hydrogens (tertiary/aromatic N) is 2. The van der Waals surface area contributed by atoms with Crippen LogP contribution < -0.4 is 0 Å². The molecule has 74 valence electrons. The molecular weight excluding hydrogens is 176 g/mol. The molecule has 0 bridgehead atoms. The predicted molar refractivity (Wildman–Crippen MR) is 55.4 cm³/mol. The van der Waals surface area contributed by atoms with Crippen molar-refractivity contribution in [1.29, 1.82) is 0 Å². The first-order chi connectivity index (χ1) is 6.75. The van der Waals surface area contributed by atoms with E-state index in [0.717, 1.165) is 18.8 Å². The molecule has 1 aromatic rings. The Kier molecular flexibility index (Phi) is 2.31. The van der Waals surface area contributed by atoms with E-state index in [4.69, 9.17) is 0 Å². The number of aromatic hydroxyl groups is 1. The molecule has 1 aliphatic heterocycles. The molecule has 0 saturated heterocycles. The standard InChI is InChI=1S/C11H14N2O/c1-12-6-7-13(9-12)8-10-4-2-3-5-11(10)14/h2-7,14H,8-9H2,1H3. The minimum Gasteiger partial charge on any atom is -0.508 e. The summed E-state index contributed by atoms with van der Waals surface area (Å²) in [6.07, 6.45) is 4.06. The van der Waals surface area contributed by atoms with Crippen LogP contribution >= 0.6 is 0 Å². The predicted octanol–water partition coefficient (Wildman–Crippen LogP) is 1.57. The number of phenols is 1. The Morgan fingerprint density at radius 3 is 2.71 bits per heavy atom. The molecule has 1 N–H and O–H groups in total. The first-order valence-corrected chi connectivity index (χ1v) is 4.65. The first kappa shape index (κ1) is 8.94. The fraction of sp³-hybridized carbons (Fsp3) is 0.273. The summed E-state index contributed by atoms with van der Waals surface area (Å²) in [6, 6.07) is 7.45. The molecule has 0 spiro atoms. The zero-order valence-electron chi connectivity index (χ0n) is 8.22. The molecule has 2 rings (SSSR count). The van der Waals surface area contributed by atoms with E-state index in [9.17, 15) is 5.11 Å². The van der Waals surface area contributed by atoms with E-state index in [0.29, 0.717) is 5.75 Å². The lowest BCUT2D eigenvalue weighted by atomic mass is 10.2. The Morgan fingerprint density at radius 2 is 2.07 bits per heavy atom. The second kappa shape index (κ2) is 3.62. The molecule has 0 aliphatic carbocycles. The molecule has 14 heavy (non-hydrogen) atoms. The van der Waals surface area contributed by atoms with Crippen LogP contribution in [0.2, 0.25) is 0 Å². The number of benzene rings is 1. The largest absolute Gasteiger partial charge is 0.508 e. The van der Waals surface area contributed by atoms with Gasteiger partial charge in [0, 0.05) is 31.6 Å². The molecule has 0 atom stereocenters. The molecule has 3 nitrogen and oxygen atoms in total. The summed E-state index contributed by atoms with van der Waals surface area (Å²) in [7, 11) is 2.03. The summed E-state index contributed by atoms with van der Waals surface area (Å²) < 4.78 is 0. The Bertz CT molecular complexity index is 349. The fourth-order valence-corrected chi connectivity index (χ4v) is 1.55. The van der Waals surface area contributed by atoms with Gasteiger partial charge in [-0.25, -0.2) is 0 Å². The topological polar surface area (TPSA) is 26.7 Å². The van der Waals surface area contributed by atoms with Gasteiger partial charge in [-0.1, -0.05) is 18.2 Å². The van der Waals surface area contributed by atoms with Crippen molar-refractivity contribution in [2.75, 3.05) is 13.7 Å². The number of para-hydroxylation sites is 1. The van der Waals surface area contributed by atoms with Crippen LogP contribution in [-0.2, 0) is 6.54 Å². The SMILES string of the molecule is CN1C=CN(Cc2ccccc2O)C1. The van der Waals surface area contributed by atoms with E-state index in [2.05, 4.69) is 9.80 Å². The maximum atomic E-state index is 9.57. The van der Waals surface area contributed by atoms with Crippen LogP contribution in [0.25, 0.3) is 0 Å². The van der Waals surface area contributed by atoms with Crippen molar-refractivity contribution in [3.8, 4) is 5.75 Å². The zero-order chi connectivity index (χ0) is 9.97. The van der Waals surface area contributed by atoms with Gasteiger partial charge < -0.3 is 14.9 Å². The van der Waals surface area contributed by atoms with E-state index in [1.807, 2.05) is 37.6 Å². The van der Waals surface area contributed by atoms with Crippen LogP contribution in [0.1, 0.15) is 5.56 Å². The highest BCUT2D eigenvalue weighted by Crippen LogP contribution is 2.19. The van der Waals surface area contributed by atoms with Gasteiger partial charge in [0.25, 0.3) is 0 Å². The van der Waals surface area contributed by atoms with Crippen molar-refractivity contribution in [3.05, 3.63) is 42.2 Å². The third kappa shape index (κ3) is 1.82. The van der Waals surface area contributed by atoms with Gasteiger partial charge in [0.15, 0.2) is 0 Å². The summed E-state index contributed by atoms with van der Waals surface area (Å²) in [5.74, 6) is 0.371. The lowest BCUT2D eigenvalue weighted by molar-refractivity contribution is 0.287. The smallest absolute Gasteiger partial charge is 0.120 e. The summed E-state index contributed by atoms with van der Waals surface area (Å²) in [6.45, 7) is 1.64. The van der Waals surface area contributed by atoms with Gasteiger partial charge >= 0.3 is 0 Å². The second-order valence-electron chi connectivity index (χ2n) is 3.57. The summed E-state index contributed by atoms with van der Waals surface area (Å²) >= 11 is 0. The maximum absolute atomic E-state index is 9.57. The number of hydrogen-bond donors (Lipinski definition) is 1. The van der Waals surface area contributed by atoms with Crippen LogP contribution in [0.5, 0.6) is 5.75 Å². The normalized spacial score (nSPS) is 15.2. The molecule has 0 saturated carbocycles. The van der Waals surface area contributed by atoms with Crippen molar-refractivity contribution >= 4 is 0 Å². The molecular formula is C11H14N2O. The third-order valence-electron chi connectivity index (χ3n) is 2.30. The van der Waals surface area contributed by atoms with Gasteiger partial charge in [-0.15, -0.1) is 0 Å². The van der Waals surface area contributed by atoms with E-state index in [1.54, 1.807) is 6.07 Å². The number of phenolic OH excluding ortho intramolecular Hbond substituents is 1. The average Bonchev–Trinajstić information content (AvgIpc) is 2.56. The minimum atomic E-state index is 0.371. The molecule has 0 aromatic heterocycles. The minimum absolute atomic E-state index is 0.371. The fourth-order valence-electron chi connectivity index (χ4n) is 1.55. The monoisotopic (exact) mass is 190 g/mol. The van der Waals surface area contributed by atoms with Crippen molar-refractivity contribution in [2.24, 2.45) is 0 Å². The Hall–Kier alpha value is -1.64. The molecule has 1 aromatic carbocycles. The highest BCUT2D eigenvalue weighted by Gasteiger charge is 2.10. The van der Waals surface area contributed by atoms with Gasteiger partial charge in [-0.2, -0.15) is 0 Å². The van der Waals surface area contributed by atoms with Crippen LogP contribution in [0.3, 0.4) is 0 Å². The molecule has 1 heterocycles. The summed E-state index contributed by atoms with van der Waals surface area (Å²) in [5.41, 5.74) is 0.965. The second-order valence-corrected chi connectivity index (χ2v) is 3.57. The number of hydrogen-bond acceptors (Lipinski definition) is 3. The van der Waals surface area contributed by atoms with Gasteiger partial charge in [-0.05, 0) is 6.07 Å². The Labute approximate surface area is 83.9 Å². The molecule has 1 aliphatic rings. The highest BCUT2D eigenvalue weighted by molar-refractivity contribution is 5.31. The molecule has 3 heteroatoms. The molecule has 0 amide bonds. The van der Waals surface area contributed by atoms with Crippen molar-refractivity contribution in [1.82, 2.24) is 9.80 Å². The van der Waals surface area contributed by atoms with Gasteiger partial charge in [0.05, 0.1) is 6.67 Å². The van der Waals surface area contributed by atoms with E-state index >= 15 is 0 Å². The van der Waals surface area contributed by atoms with Crippen molar-refractivity contribution in [3.63, 3.8) is 0 Å². The zero-order valence-corrected chi connectivity index (χ0v) is 8.22. The Morgan fingerprint density at radius 1 is 1.29 bits per heavy atom. The van der Waals surface area contributed by atoms with Crippen LogP contribution in [0.4, 0.5) is 0 Å². The molecule has 0 radical (unpaired) electrons. The molecule has 0 fully saturated rings. The summed E-state index contributed by atoms with van der Waals surface area (Å²) in [5, 5.41) is 9.57. The maximum Gasteiger partial charge on any atom is 0.120 e. The van der Waals surface area contributed by atoms with E-state index in [1.165, 1.54) is 0 Å². The summed E-state index contributed by atoms with van der Waals surface area (Å²) in [4.78, 5) is 4.25. The van der Waals surface area contributed by atoms with Gasteiger partial charge in [-0.3, -0.25) is 0 Å². The van der Waals surface area contributed by atoms with Crippen molar-refractivity contribution < 1.29 is 5.11 Å². The quantitative estimate of drug-likeness (QED) is 0.766. The highest BCUT2D eigenvalue weighted by atomic mass is 16.3. The molecule has 0 unspecified atom stereocenters. The number of rotatable bonds is 2. The van der Waals surface area contributed by atoms with Gasteiger partial charge in [0.1, 0.15) is 5.75 Å². The van der Waals surface area contributed by atoms with E-state index in [-0.39, 0.29) is 0 Å². The van der Waals surface area contributed by atoms with Crippen LogP contribution in [0, 0.1) is 0 Å². The lowest BCUT2D eigenvalue weighted by Gasteiger charge is -2.18. The first-order valence-electron chi connectivity index (χ1n) is 4.65. The lowest BCUT2D eigenvalue weighted by Crippen LogP contribution is -2.21. The van der Waals surface area contributed by atoms with Crippen molar-refractivity contribution in [2.45, 2.75) is 6.54 Å². The average molecular weight is 190 g/mol. The Balaban J connectivity index is 2.05. The van der Waals surface area contributed by atoms with Gasteiger partial charge in [0.2, 0.25) is 0 Å².